The number of rotatable bonds is 4. The minimum atomic E-state index is 0.150. The summed E-state index contributed by atoms with van der Waals surface area (Å²) in [6.07, 6.45) is 2.74. The molecule has 0 amide bonds. The van der Waals surface area contributed by atoms with Crippen LogP contribution in [0.5, 0.6) is 5.75 Å². The quantitative estimate of drug-likeness (QED) is 0.897. The Morgan fingerprint density at radius 2 is 2.00 bits per heavy atom. The Bertz CT molecular complexity index is 514. The van der Waals surface area contributed by atoms with E-state index >= 15 is 0 Å². The molecule has 0 spiro atoms. The van der Waals surface area contributed by atoms with Crippen LogP contribution in [0.2, 0.25) is 0 Å². The van der Waals surface area contributed by atoms with Gasteiger partial charge in [-0.1, -0.05) is 0 Å². The summed E-state index contributed by atoms with van der Waals surface area (Å²) in [6.45, 7) is 4.07. The molecule has 1 aromatic carbocycles. The van der Waals surface area contributed by atoms with Crippen LogP contribution in [-0.4, -0.2) is 22.9 Å². The average Bonchev–Trinajstić information content (AvgIpc) is 2.71. The first kappa shape index (κ1) is 12.6. The van der Waals surface area contributed by atoms with Crippen LogP contribution in [0.3, 0.4) is 0 Å². The van der Waals surface area contributed by atoms with Crippen molar-refractivity contribution in [3.63, 3.8) is 0 Å². The van der Waals surface area contributed by atoms with Gasteiger partial charge in [-0.2, -0.15) is 5.10 Å². The van der Waals surface area contributed by atoms with Crippen molar-refractivity contribution >= 4 is 0 Å². The van der Waals surface area contributed by atoms with Crippen LogP contribution in [0.25, 0.3) is 5.69 Å². The molecule has 4 nitrogen and oxygen atoms in total. The minimum Gasteiger partial charge on any atom is -0.497 e. The standard InChI is InChI=1S/C14H19N3O/c1-10(15)8-12-9-16-17(11(12)2)13-4-6-14(18-3)7-5-13/h4-7,9-10H,8,15H2,1-3H3. The van der Waals surface area contributed by atoms with E-state index in [1.54, 1.807) is 7.11 Å². The summed E-state index contributed by atoms with van der Waals surface area (Å²) in [7, 11) is 1.66. The second-order valence-corrected chi connectivity index (χ2v) is 4.55. The van der Waals surface area contributed by atoms with Gasteiger partial charge in [-0.25, -0.2) is 4.68 Å². The largest absolute Gasteiger partial charge is 0.497 e. The monoisotopic (exact) mass is 245 g/mol. The SMILES string of the molecule is COc1ccc(-n2ncc(CC(C)N)c2C)cc1. The molecule has 0 radical (unpaired) electrons. The lowest BCUT2D eigenvalue weighted by molar-refractivity contribution is 0.414. The van der Waals surface area contributed by atoms with Crippen molar-refractivity contribution in [3.05, 3.63) is 41.7 Å². The van der Waals surface area contributed by atoms with Gasteiger partial charge in [-0.15, -0.1) is 0 Å². The number of benzene rings is 1. The van der Waals surface area contributed by atoms with E-state index in [1.807, 2.05) is 42.1 Å². The molecule has 1 atom stereocenters. The van der Waals surface area contributed by atoms with Crippen LogP contribution in [0.4, 0.5) is 0 Å². The highest BCUT2D eigenvalue weighted by Gasteiger charge is 2.09. The van der Waals surface area contributed by atoms with Gasteiger partial charge in [-0.05, 0) is 50.1 Å². The maximum atomic E-state index is 5.83. The van der Waals surface area contributed by atoms with Crippen LogP contribution in [0.1, 0.15) is 18.2 Å². The Hall–Kier alpha value is -1.81. The van der Waals surface area contributed by atoms with E-state index in [1.165, 1.54) is 5.56 Å². The van der Waals surface area contributed by atoms with Gasteiger partial charge in [0.05, 0.1) is 19.0 Å². The molecule has 0 bridgehead atoms. The highest BCUT2D eigenvalue weighted by atomic mass is 16.5. The maximum absolute atomic E-state index is 5.83. The van der Waals surface area contributed by atoms with Crippen molar-refractivity contribution in [2.75, 3.05) is 7.11 Å². The number of nitrogens with zero attached hydrogens (tertiary/aromatic N) is 2. The van der Waals surface area contributed by atoms with Crippen molar-refractivity contribution in [3.8, 4) is 11.4 Å². The zero-order valence-corrected chi connectivity index (χ0v) is 11.1. The van der Waals surface area contributed by atoms with Crippen molar-refractivity contribution in [2.45, 2.75) is 26.3 Å². The summed E-state index contributed by atoms with van der Waals surface area (Å²) in [5.41, 5.74) is 9.19. The zero-order valence-electron chi connectivity index (χ0n) is 11.1. The second-order valence-electron chi connectivity index (χ2n) is 4.55. The summed E-state index contributed by atoms with van der Waals surface area (Å²) in [6, 6.07) is 8.00. The molecule has 0 aliphatic carbocycles. The molecule has 2 N–H and O–H groups in total. The first-order chi connectivity index (χ1) is 8.61. The van der Waals surface area contributed by atoms with Crippen molar-refractivity contribution in [1.82, 2.24) is 9.78 Å². The fourth-order valence-electron chi connectivity index (χ4n) is 1.97. The molecule has 0 aliphatic heterocycles. The Morgan fingerprint density at radius 1 is 1.33 bits per heavy atom. The normalized spacial score (nSPS) is 12.4. The van der Waals surface area contributed by atoms with Crippen molar-refractivity contribution < 1.29 is 4.74 Å². The first-order valence-electron chi connectivity index (χ1n) is 6.05. The topological polar surface area (TPSA) is 53.1 Å². The fourth-order valence-corrected chi connectivity index (χ4v) is 1.97. The van der Waals surface area contributed by atoms with Gasteiger partial charge in [-0.3, -0.25) is 0 Å². The van der Waals surface area contributed by atoms with Crippen LogP contribution in [0, 0.1) is 6.92 Å². The maximum Gasteiger partial charge on any atom is 0.119 e. The molecule has 4 heteroatoms. The number of ether oxygens (including phenoxy) is 1. The lowest BCUT2D eigenvalue weighted by Crippen LogP contribution is -2.18. The van der Waals surface area contributed by atoms with Crippen LogP contribution >= 0.6 is 0 Å². The van der Waals surface area contributed by atoms with E-state index in [0.717, 1.165) is 23.6 Å². The molecule has 1 aromatic heterocycles. The summed E-state index contributed by atoms with van der Waals surface area (Å²) in [5, 5.41) is 4.41. The molecule has 96 valence electrons. The number of aromatic nitrogens is 2. The zero-order chi connectivity index (χ0) is 13.1. The third-order valence-corrected chi connectivity index (χ3v) is 2.97. The van der Waals surface area contributed by atoms with E-state index in [4.69, 9.17) is 10.5 Å². The second kappa shape index (κ2) is 5.23. The van der Waals surface area contributed by atoms with Gasteiger partial charge in [0.2, 0.25) is 0 Å². The molecular weight excluding hydrogens is 226 g/mol. The van der Waals surface area contributed by atoms with E-state index in [2.05, 4.69) is 12.0 Å². The summed E-state index contributed by atoms with van der Waals surface area (Å²) in [5.74, 6) is 0.847. The van der Waals surface area contributed by atoms with E-state index in [-0.39, 0.29) is 6.04 Å². The van der Waals surface area contributed by atoms with Crippen molar-refractivity contribution in [2.24, 2.45) is 5.73 Å². The Balaban J connectivity index is 2.30. The predicted molar refractivity (Wildman–Crippen MR) is 72.2 cm³/mol. The number of hydrogen-bond acceptors (Lipinski definition) is 3. The van der Waals surface area contributed by atoms with Crippen LogP contribution < -0.4 is 10.5 Å². The van der Waals surface area contributed by atoms with Gasteiger partial charge in [0, 0.05) is 11.7 Å². The van der Waals surface area contributed by atoms with Crippen LogP contribution in [0.15, 0.2) is 30.5 Å². The van der Waals surface area contributed by atoms with E-state index < -0.39 is 0 Å². The number of nitrogens with two attached hydrogens (primary N) is 1. The average molecular weight is 245 g/mol. The van der Waals surface area contributed by atoms with E-state index in [9.17, 15) is 0 Å². The van der Waals surface area contributed by atoms with Gasteiger partial charge < -0.3 is 10.5 Å². The number of hydrogen-bond donors (Lipinski definition) is 1. The number of methoxy groups -OCH3 is 1. The van der Waals surface area contributed by atoms with Gasteiger partial charge in [0.1, 0.15) is 5.75 Å². The first-order valence-corrected chi connectivity index (χ1v) is 6.05. The molecule has 0 aliphatic rings. The Labute approximate surface area is 107 Å². The minimum absolute atomic E-state index is 0.150. The molecule has 1 unspecified atom stereocenters. The predicted octanol–water partition coefficient (Wildman–Crippen LogP) is 2.08. The molecule has 0 fully saturated rings. The molecule has 1 heterocycles. The molecule has 2 rings (SSSR count). The highest BCUT2D eigenvalue weighted by molar-refractivity contribution is 5.39. The molecule has 0 saturated carbocycles. The molecule has 2 aromatic rings. The van der Waals surface area contributed by atoms with Crippen LogP contribution in [-0.2, 0) is 6.42 Å². The lowest BCUT2D eigenvalue weighted by Gasteiger charge is -2.07. The molecular formula is C14H19N3O. The highest BCUT2D eigenvalue weighted by Crippen LogP contribution is 2.18. The molecule has 18 heavy (non-hydrogen) atoms. The van der Waals surface area contributed by atoms with Gasteiger partial charge >= 0.3 is 0 Å². The van der Waals surface area contributed by atoms with E-state index in [0.29, 0.717) is 0 Å². The summed E-state index contributed by atoms with van der Waals surface area (Å²) in [4.78, 5) is 0. The summed E-state index contributed by atoms with van der Waals surface area (Å²) < 4.78 is 7.07. The Morgan fingerprint density at radius 3 is 2.56 bits per heavy atom. The van der Waals surface area contributed by atoms with Gasteiger partial charge in [0.15, 0.2) is 0 Å². The van der Waals surface area contributed by atoms with Crippen molar-refractivity contribution in [1.29, 1.82) is 0 Å². The van der Waals surface area contributed by atoms with Gasteiger partial charge in [0.25, 0.3) is 0 Å². The smallest absolute Gasteiger partial charge is 0.119 e. The lowest BCUT2D eigenvalue weighted by atomic mass is 10.1. The third kappa shape index (κ3) is 2.54. The Kier molecular flexibility index (Phi) is 3.67. The third-order valence-electron chi connectivity index (χ3n) is 2.97. The molecule has 0 saturated heterocycles. The fraction of sp³-hybridized carbons (Fsp3) is 0.357. The summed E-state index contributed by atoms with van der Waals surface area (Å²) >= 11 is 0.